The first-order chi connectivity index (χ1) is 9.80. The molecule has 1 atom stereocenters. The topological polar surface area (TPSA) is 104 Å². The maximum absolute atomic E-state index is 12.5. The number of aliphatic carboxylic acids is 1. The summed E-state index contributed by atoms with van der Waals surface area (Å²) in [7, 11) is -3.52. The van der Waals surface area contributed by atoms with E-state index in [2.05, 4.69) is 4.72 Å². The molecular formula is C12H22N2O5S2. The second-order valence-corrected chi connectivity index (χ2v) is 7.97. The summed E-state index contributed by atoms with van der Waals surface area (Å²) in [4.78, 5) is 24.7. The highest BCUT2D eigenvalue weighted by Crippen LogP contribution is 2.27. The van der Waals surface area contributed by atoms with Gasteiger partial charge in [-0.15, -0.1) is 0 Å². The Balaban J connectivity index is 2.83. The molecular weight excluding hydrogens is 316 g/mol. The van der Waals surface area contributed by atoms with E-state index < -0.39 is 27.9 Å². The molecule has 122 valence electrons. The molecule has 0 aromatic rings. The lowest BCUT2D eigenvalue weighted by Crippen LogP contribution is -2.51. The highest BCUT2D eigenvalue weighted by atomic mass is 32.2. The van der Waals surface area contributed by atoms with Gasteiger partial charge in [-0.3, -0.25) is 9.59 Å². The van der Waals surface area contributed by atoms with Crippen LogP contribution in [-0.4, -0.2) is 66.7 Å². The van der Waals surface area contributed by atoms with Gasteiger partial charge < -0.3 is 10.0 Å². The number of rotatable bonds is 10. The molecule has 1 aliphatic carbocycles. The van der Waals surface area contributed by atoms with Crippen LogP contribution in [0.15, 0.2) is 0 Å². The molecule has 0 aliphatic heterocycles. The van der Waals surface area contributed by atoms with Gasteiger partial charge >= 0.3 is 5.97 Å². The lowest BCUT2D eigenvalue weighted by molar-refractivity contribution is -0.145. The van der Waals surface area contributed by atoms with Crippen LogP contribution in [0.2, 0.25) is 0 Å². The minimum atomic E-state index is -3.52. The number of carbonyl (C=O) groups is 2. The van der Waals surface area contributed by atoms with E-state index in [0.29, 0.717) is 12.2 Å². The minimum Gasteiger partial charge on any atom is -0.480 e. The molecule has 1 fully saturated rings. The smallest absolute Gasteiger partial charge is 0.323 e. The van der Waals surface area contributed by atoms with Crippen LogP contribution in [0.5, 0.6) is 0 Å². The number of hydrogen-bond acceptors (Lipinski definition) is 5. The average molecular weight is 338 g/mol. The minimum absolute atomic E-state index is 0.0727. The molecule has 0 saturated heterocycles. The first kappa shape index (κ1) is 18.2. The van der Waals surface area contributed by atoms with Gasteiger partial charge in [0.15, 0.2) is 0 Å². The van der Waals surface area contributed by atoms with Crippen molar-refractivity contribution in [3.05, 3.63) is 0 Å². The first-order valence-corrected chi connectivity index (χ1v) is 9.86. The van der Waals surface area contributed by atoms with Gasteiger partial charge in [-0.1, -0.05) is 0 Å². The quantitative estimate of drug-likeness (QED) is 0.586. The number of carboxylic acid groups (broad SMARTS) is 1. The molecule has 0 spiro atoms. The zero-order valence-electron chi connectivity index (χ0n) is 12.2. The van der Waals surface area contributed by atoms with E-state index in [1.54, 1.807) is 0 Å². The van der Waals surface area contributed by atoms with Gasteiger partial charge in [-0.2, -0.15) is 11.8 Å². The predicted molar refractivity (Wildman–Crippen MR) is 81.8 cm³/mol. The standard InChI is InChI=1S/C12H22N2O5S2/c1-3-21(18,19)13-10(6-7-20-2)12(17)14(8-11(15)16)9-4-5-9/h9-10,13H,3-8H2,1-2H3,(H,15,16). The molecule has 1 aliphatic rings. The lowest BCUT2D eigenvalue weighted by Gasteiger charge is -2.26. The van der Waals surface area contributed by atoms with Gasteiger partial charge in [0.2, 0.25) is 15.9 Å². The summed E-state index contributed by atoms with van der Waals surface area (Å²) in [6.45, 7) is 1.11. The van der Waals surface area contributed by atoms with Gasteiger partial charge in [-0.25, -0.2) is 13.1 Å². The van der Waals surface area contributed by atoms with Crippen molar-refractivity contribution in [2.75, 3.05) is 24.3 Å². The van der Waals surface area contributed by atoms with Crippen LogP contribution in [0.3, 0.4) is 0 Å². The Morgan fingerprint density at radius 2 is 2.05 bits per heavy atom. The first-order valence-electron chi connectivity index (χ1n) is 6.82. The second-order valence-electron chi connectivity index (χ2n) is 4.95. The average Bonchev–Trinajstić information content (AvgIpc) is 3.24. The molecule has 1 saturated carbocycles. The van der Waals surface area contributed by atoms with Crippen molar-refractivity contribution in [2.45, 2.75) is 38.3 Å². The molecule has 0 heterocycles. The molecule has 2 N–H and O–H groups in total. The Bertz CT molecular complexity index is 476. The predicted octanol–water partition coefficient (Wildman–Crippen LogP) is 0.123. The molecule has 21 heavy (non-hydrogen) atoms. The van der Waals surface area contributed by atoms with Gasteiger partial charge in [0.25, 0.3) is 0 Å². The van der Waals surface area contributed by atoms with E-state index in [0.717, 1.165) is 12.8 Å². The van der Waals surface area contributed by atoms with Crippen LogP contribution >= 0.6 is 11.8 Å². The fraction of sp³-hybridized carbons (Fsp3) is 0.833. The molecule has 0 aromatic carbocycles. The maximum atomic E-state index is 12.5. The van der Waals surface area contributed by atoms with Gasteiger partial charge in [0, 0.05) is 6.04 Å². The second kappa shape index (κ2) is 8.00. The third-order valence-electron chi connectivity index (χ3n) is 3.19. The number of carbonyl (C=O) groups excluding carboxylic acids is 1. The molecule has 9 heteroatoms. The highest BCUT2D eigenvalue weighted by Gasteiger charge is 2.37. The number of thioether (sulfide) groups is 1. The van der Waals surface area contributed by atoms with E-state index in [9.17, 15) is 18.0 Å². The van der Waals surface area contributed by atoms with Crippen molar-refractivity contribution in [2.24, 2.45) is 0 Å². The van der Waals surface area contributed by atoms with Crippen molar-refractivity contribution in [3.63, 3.8) is 0 Å². The third-order valence-corrected chi connectivity index (χ3v) is 5.23. The summed E-state index contributed by atoms with van der Waals surface area (Å²) in [5.41, 5.74) is 0. The number of amides is 1. The van der Waals surface area contributed by atoms with Crippen LogP contribution in [0.4, 0.5) is 0 Å². The van der Waals surface area contributed by atoms with Crippen molar-refractivity contribution < 1.29 is 23.1 Å². The molecule has 0 radical (unpaired) electrons. The molecule has 7 nitrogen and oxygen atoms in total. The Labute approximate surface area is 129 Å². The Hall–Kier alpha value is -0.800. The number of hydrogen-bond donors (Lipinski definition) is 2. The summed E-state index contributed by atoms with van der Waals surface area (Å²) in [5.74, 6) is -1.02. The zero-order valence-corrected chi connectivity index (χ0v) is 13.9. The van der Waals surface area contributed by atoms with Gasteiger partial charge in [-0.05, 0) is 38.2 Å². The van der Waals surface area contributed by atoms with E-state index in [1.807, 2.05) is 6.26 Å². The fourth-order valence-corrected chi connectivity index (χ4v) is 3.18. The monoisotopic (exact) mass is 338 g/mol. The van der Waals surface area contributed by atoms with Crippen LogP contribution in [-0.2, 0) is 19.6 Å². The molecule has 1 rings (SSSR count). The van der Waals surface area contributed by atoms with Crippen molar-refractivity contribution in [3.8, 4) is 0 Å². The molecule has 0 aromatic heterocycles. The lowest BCUT2D eigenvalue weighted by atomic mass is 10.2. The summed E-state index contributed by atoms with van der Waals surface area (Å²) in [6.07, 6.45) is 3.76. The van der Waals surface area contributed by atoms with Gasteiger partial charge in [0.1, 0.15) is 12.6 Å². The number of nitrogens with one attached hydrogen (secondary N) is 1. The number of carboxylic acids is 1. The Morgan fingerprint density at radius 3 is 2.48 bits per heavy atom. The van der Waals surface area contributed by atoms with E-state index in [1.165, 1.54) is 23.6 Å². The normalized spacial score (nSPS) is 16.5. The summed E-state index contributed by atoms with van der Waals surface area (Å²) in [5, 5.41) is 8.91. The Morgan fingerprint density at radius 1 is 1.43 bits per heavy atom. The summed E-state index contributed by atoms with van der Waals surface area (Å²) >= 11 is 1.51. The summed E-state index contributed by atoms with van der Waals surface area (Å²) < 4.78 is 25.8. The van der Waals surface area contributed by atoms with Gasteiger partial charge in [0.05, 0.1) is 5.75 Å². The summed E-state index contributed by atoms with van der Waals surface area (Å²) in [6, 6.07) is -0.959. The van der Waals surface area contributed by atoms with E-state index in [4.69, 9.17) is 5.11 Å². The maximum Gasteiger partial charge on any atom is 0.323 e. The van der Waals surface area contributed by atoms with Crippen LogP contribution in [0.25, 0.3) is 0 Å². The van der Waals surface area contributed by atoms with E-state index in [-0.39, 0.29) is 18.3 Å². The van der Waals surface area contributed by atoms with Crippen molar-refractivity contribution in [1.82, 2.24) is 9.62 Å². The highest BCUT2D eigenvalue weighted by molar-refractivity contribution is 7.98. The molecule has 0 bridgehead atoms. The number of sulfonamides is 1. The van der Waals surface area contributed by atoms with Crippen molar-refractivity contribution in [1.29, 1.82) is 0 Å². The van der Waals surface area contributed by atoms with Crippen LogP contribution < -0.4 is 4.72 Å². The zero-order chi connectivity index (χ0) is 16.0. The van der Waals surface area contributed by atoms with E-state index >= 15 is 0 Å². The van der Waals surface area contributed by atoms with Crippen LogP contribution in [0, 0.1) is 0 Å². The largest absolute Gasteiger partial charge is 0.480 e. The molecule has 1 unspecified atom stereocenters. The van der Waals surface area contributed by atoms with Crippen LogP contribution in [0.1, 0.15) is 26.2 Å². The van der Waals surface area contributed by atoms with Crippen molar-refractivity contribution >= 4 is 33.7 Å². The SMILES string of the molecule is CCS(=O)(=O)NC(CCSC)C(=O)N(CC(=O)O)C1CC1. The third kappa shape index (κ3) is 6.23. The molecule has 1 amide bonds. The Kier molecular flexibility index (Phi) is 6.95. The number of nitrogens with zero attached hydrogens (tertiary/aromatic N) is 1. The fourth-order valence-electron chi connectivity index (χ4n) is 1.89.